The second kappa shape index (κ2) is 6.76. The number of ether oxygens (including phenoxy) is 2. The summed E-state index contributed by atoms with van der Waals surface area (Å²) >= 11 is 0. The summed E-state index contributed by atoms with van der Waals surface area (Å²) in [5.41, 5.74) is 0.799. The fraction of sp³-hybridized carbons (Fsp3) is 0.636. The minimum Gasteiger partial charge on any atom is -0.472 e. The number of cyclic esters (lactones) is 1. The molecule has 3 aliphatic rings. The first-order valence-electron chi connectivity index (χ1n) is 10.0. The number of aliphatic hydroxyl groups excluding tert-OH is 1. The summed E-state index contributed by atoms with van der Waals surface area (Å²) in [5, 5.41) is 11.0. The summed E-state index contributed by atoms with van der Waals surface area (Å²) in [6, 6.07) is 1.95. The van der Waals surface area contributed by atoms with Gasteiger partial charge in [0.1, 0.15) is 12.7 Å². The van der Waals surface area contributed by atoms with Gasteiger partial charge in [0.25, 0.3) is 0 Å². The van der Waals surface area contributed by atoms with Gasteiger partial charge in [0.2, 0.25) is 0 Å². The molecule has 4 rings (SSSR count). The molecule has 6 atom stereocenters. The van der Waals surface area contributed by atoms with Gasteiger partial charge in [0.05, 0.1) is 18.6 Å². The molecule has 2 aliphatic carbocycles. The Hall–Kier alpha value is -2.08. The predicted molar refractivity (Wildman–Crippen MR) is 100 cm³/mol. The van der Waals surface area contributed by atoms with Crippen molar-refractivity contribution in [3.8, 4) is 0 Å². The van der Waals surface area contributed by atoms with Crippen LogP contribution in [0.5, 0.6) is 0 Å². The lowest BCUT2D eigenvalue weighted by Crippen LogP contribution is -2.61. The van der Waals surface area contributed by atoms with Crippen molar-refractivity contribution in [2.75, 3.05) is 6.61 Å². The normalized spacial score (nSPS) is 39.6. The van der Waals surface area contributed by atoms with E-state index in [1.807, 2.05) is 12.1 Å². The van der Waals surface area contributed by atoms with Crippen LogP contribution in [0.2, 0.25) is 0 Å². The molecule has 1 aromatic heterocycles. The van der Waals surface area contributed by atoms with Crippen LogP contribution in [-0.4, -0.2) is 35.9 Å². The first-order chi connectivity index (χ1) is 13.3. The zero-order valence-corrected chi connectivity index (χ0v) is 16.6. The van der Waals surface area contributed by atoms with Gasteiger partial charge < -0.3 is 19.0 Å². The molecule has 1 saturated heterocycles. The molecule has 2 fully saturated rings. The summed E-state index contributed by atoms with van der Waals surface area (Å²) in [4.78, 5) is 24.3. The Bertz CT molecular complexity index is 796. The third-order valence-corrected chi connectivity index (χ3v) is 7.49. The minimum atomic E-state index is -0.605. The SMILES string of the molecule is CC(=O)O[C@@H]1CC=C2C(=O)OC[C@]23C[C@H](O)[C@H](C)[C@](C)(CCc2ccoc2)[C@@H]13. The van der Waals surface area contributed by atoms with Crippen molar-refractivity contribution in [2.45, 2.75) is 58.7 Å². The Labute approximate surface area is 164 Å². The fourth-order valence-electron chi connectivity index (χ4n) is 6.01. The van der Waals surface area contributed by atoms with E-state index in [0.717, 1.165) is 18.4 Å². The Balaban J connectivity index is 1.77. The molecule has 0 radical (unpaired) electrons. The van der Waals surface area contributed by atoms with Gasteiger partial charge in [-0.25, -0.2) is 4.79 Å². The van der Waals surface area contributed by atoms with Gasteiger partial charge in [-0.3, -0.25) is 4.79 Å². The summed E-state index contributed by atoms with van der Waals surface area (Å²) in [6.45, 7) is 5.89. The molecule has 1 aromatic rings. The third kappa shape index (κ3) is 2.81. The number of hydrogen-bond donors (Lipinski definition) is 1. The molecule has 6 nitrogen and oxygen atoms in total. The highest BCUT2D eigenvalue weighted by atomic mass is 16.5. The first kappa shape index (κ1) is 19.2. The maximum absolute atomic E-state index is 12.4. The van der Waals surface area contributed by atoms with Crippen LogP contribution in [-0.2, 0) is 25.5 Å². The highest BCUT2D eigenvalue weighted by Gasteiger charge is 2.66. The van der Waals surface area contributed by atoms with Crippen molar-refractivity contribution >= 4 is 11.9 Å². The van der Waals surface area contributed by atoms with Crippen LogP contribution in [0.1, 0.15) is 45.6 Å². The lowest BCUT2D eigenvalue weighted by atomic mass is 9.45. The highest BCUT2D eigenvalue weighted by Crippen LogP contribution is 2.64. The molecule has 0 amide bonds. The Morgan fingerprint density at radius 1 is 1.43 bits per heavy atom. The summed E-state index contributed by atoms with van der Waals surface area (Å²) in [6.07, 6.45) is 6.90. The van der Waals surface area contributed by atoms with Gasteiger partial charge in [-0.2, -0.15) is 0 Å². The van der Waals surface area contributed by atoms with Gasteiger partial charge in [0.15, 0.2) is 0 Å². The van der Waals surface area contributed by atoms with E-state index < -0.39 is 11.5 Å². The van der Waals surface area contributed by atoms with E-state index in [-0.39, 0.29) is 41.9 Å². The van der Waals surface area contributed by atoms with E-state index in [2.05, 4.69) is 13.8 Å². The number of aryl methyl sites for hydroxylation is 1. The molecular formula is C22H28O6. The number of furan rings is 1. The smallest absolute Gasteiger partial charge is 0.334 e. The molecule has 1 N–H and O–H groups in total. The maximum atomic E-state index is 12.4. The molecule has 1 aliphatic heterocycles. The van der Waals surface area contributed by atoms with E-state index in [9.17, 15) is 14.7 Å². The van der Waals surface area contributed by atoms with Crippen molar-refractivity contribution in [3.63, 3.8) is 0 Å². The lowest BCUT2D eigenvalue weighted by Gasteiger charge is -2.59. The predicted octanol–water partition coefficient (Wildman–Crippen LogP) is 3.04. The zero-order chi connectivity index (χ0) is 20.1. The molecule has 0 unspecified atom stereocenters. The quantitative estimate of drug-likeness (QED) is 0.798. The molecule has 6 heteroatoms. The average Bonchev–Trinajstić information content (AvgIpc) is 3.26. The standard InChI is InChI=1S/C22H28O6/c1-13-17(24)10-22-12-27-20(25)16(22)4-5-18(28-14(2)23)19(22)21(13,3)8-6-15-7-9-26-11-15/h4,7,9,11,13,17-19,24H,5-6,8,10,12H2,1-3H3/t13-,17-,18+,19+,21-,22+/m0/s1. The second-order valence-corrected chi connectivity index (χ2v) is 8.91. The van der Waals surface area contributed by atoms with Crippen LogP contribution in [0.25, 0.3) is 0 Å². The van der Waals surface area contributed by atoms with Crippen molar-refractivity contribution in [3.05, 3.63) is 35.8 Å². The van der Waals surface area contributed by atoms with Crippen LogP contribution in [0.3, 0.4) is 0 Å². The number of rotatable bonds is 4. The monoisotopic (exact) mass is 388 g/mol. The van der Waals surface area contributed by atoms with Crippen LogP contribution < -0.4 is 0 Å². The molecule has 2 heterocycles. The summed E-state index contributed by atoms with van der Waals surface area (Å²) < 4.78 is 16.4. The van der Waals surface area contributed by atoms with Crippen LogP contribution >= 0.6 is 0 Å². The minimum absolute atomic E-state index is 0.0110. The van der Waals surface area contributed by atoms with Crippen molar-refractivity contribution in [1.29, 1.82) is 0 Å². The topological polar surface area (TPSA) is 86.0 Å². The van der Waals surface area contributed by atoms with Gasteiger partial charge in [-0.15, -0.1) is 0 Å². The van der Waals surface area contributed by atoms with Crippen molar-refractivity contribution in [1.82, 2.24) is 0 Å². The van der Waals surface area contributed by atoms with Crippen LogP contribution in [0, 0.1) is 22.7 Å². The molecule has 1 saturated carbocycles. The van der Waals surface area contributed by atoms with E-state index in [4.69, 9.17) is 13.9 Å². The van der Waals surface area contributed by atoms with E-state index in [0.29, 0.717) is 18.4 Å². The van der Waals surface area contributed by atoms with Crippen LogP contribution in [0.4, 0.5) is 0 Å². The number of aliphatic hydroxyl groups is 1. The molecule has 1 spiro atoms. The number of carbonyl (C=O) groups excluding carboxylic acids is 2. The van der Waals surface area contributed by atoms with Gasteiger partial charge >= 0.3 is 11.9 Å². The fourth-order valence-corrected chi connectivity index (χ4v) is 6.01. The molecule has 28 heavy (non-hydrogen) atoms. The maximum Gasteiger partial charge on any atom is 0.334 e. The van der Waals surface area contributed by atoms with E-state index >= 15 is 0 Å². The summed E-state index contributed by atoms with van der Waals surface area (Å²) in [5.74, 6) is -0.729. The summed E-state index contributed by atoms with van der Waals surface area (Å²) in [7, 11) is 0. The number of carbonyl (C=O) groups is 2. The van der Waals surface area contributed by atoms with E-state index in [1.165, 1.54) is 6.92 Å². The van der Waals surface area contributed by atoms with Gasteiger partial charge in [-0.1, -0.05) is 19.9 Å². The second-order valence-electron chi connectivity index (χ2n) is 8.91. The molecule has 0 aromatic carbocycles. The highest BCUT2D eigenvalue weighted by molar-refractivity contribution is 5.93. The third-order valence-electron chi connectivity index (χ3n) is 7.49. The number of hydrogen-bond acceptors (Lipinski definition) is 6. The van der Waals surface area contributed by atoms with Crippen molar-refractivity contribution < 1.29 is 28.6 Å². The Morgan fingerprint density at radius 2 is 2.21 bits per heavy atom. The largest absolute Gasteiger partial charge is 0.472 e. The number of esters is 2. The zero-order valence-electron chi connectivity index (χ0n) is 16.6. The average molecular weight is 388 g/mol. The molecule has 152 valence electrons. The van der Waals surface area contributed by atoms with Crippen LogP contribution in [0.15, 0.2) is 34.7 Å². The van der Waals surface area contributed by atoms with Gasteiger partial charge in [0, 0.05) is 30.3 Å². The molecule has 0 bridgehead atoms. The molecular weight excluding hydrogens is 360 g/mol. The van der Waals surface area contributed by atoms with Gasteiger partial charge in [-0.05, 0) is 42.2 Å². The lowest BCUT2D eigenvalue weighted by molar-refractivity contribution is -0.183. The Morgan fingerprint density at radius 3 is 2.89 bits per heavy atom. The van der Waals surface area contributed by atoms with Crippen molar-refractivity contribution in [2.24, 2.45) is 22.7 Å². The first-order valence-corrected chi connectivity index (χ1v) is 10.0. The van der Waals surface area contributed by atoms with E-state index in [1.54, 1.807) is 12.5 Å². The Kier molecular flexibility index (Phi) is 4.65.